The van der Waals surface area contributed by atoms with Gasteiger partial charge in [-0.15, -0.1) is 0 Å². The molecule has 1 aliphatic rings. The van der Waals surface area contributed by atoms with Crippen molar-refractivity contribution in [3.63, 3.8) is 0 Å². The molecule has 7 nitrogen and oxygen atoms in total. The van der Waals surface area contributed by atoms with Gasteiger partial charge in [0, 0.05) is 30.2 Å². The fourth-order valence-electron chi connectivity index (χ4n) is 4.08. The number of para-hydroxylation sites is 1. The monoisotopic (exact) mass is 458 g/mol. The van der Waals surface area contributed by atoms with Crippen LogP contribution in [0, 0.1) is 11.7 Å². The van der Waals surface area contributed by atoms with Crippen LogP contribution in [0.25, 0.3) is 10.9 Å². The highest BCUT2D eigenvalue weighted by Gasteiger charge is 2.29. The van der Waals surface area contributed by atoms with E-state index in [1.807, 2.05) is 0 Å². The van der Waals surface area contributed by atoms with Crippen LogP contribution in [0.1, 0.15) is 12.8 Å². The second kappa shape index (κ2) is 8.74. The fraction of sp³-hybridized carbons (Fsp3) is 0.304. The quantitative estimate of drug-likeness (QED) is 0.433. The number of carbonyl (C=O) groups is 2. The van der Waals surface area contributed by atoms with Crippen LogP contribution in [0.3, 0.4) is 0 Å². The summed E-state index contributed by atoms with van der Waals surface area (Å²) >= 11 is 0. The van der Waals surface area contributed by atoms with Gasteiger partial charge in [0.05, 0.1) is 22.8 Å². The minimum Gasteiger partial charge on any atom is -0.469 e. The number of ether oxygens (including phenoxy) is 1. The van der Waals surface area contributed by atoms with Crippen molar-refractivity contribution in [2.24, 2.45) is 5.92 Å². The molecule has 2 aromatic carbocycles. The molecule has 0 N–H and O–H groups in total. The number of amides is 1. The zero-order valence-electron chi connectivity index (χ0n) is 17.5. The van der Waals surface area contributed by atoms with Gasteiger partial charge in [0.1, 0.15) is 12.4 Å². The largest absolute Gasteiger partial charge is 0.469 e. The standard InChI is InChI=1S/C23H23FN2O5S/c1-31-23(28)16-10-12-25(13-11-16)22(27)15-26-14-21(19-4-2-3-5-20(19)26)32(29,30)18-8-6-17(24)7-9-18/h2-9,14,16H,10-13,15H2,1H3. The summed E-state index contributed by atoms with van der Waals surface area (Å²) in [7, 11) is -2.55. The van der Waals surface area contributed by atoms with Crippen molar-refractivity contribution in [1.29, 1.82) is 0 Å². The molecule has 3 aromatic rings. The SMILES string of the molecule is COC(=O)C1CCN(C(=O)Cn2cc(S(=O)(=O)c3ccc(F)cc3)c3ccccc32)CC1. The third-order valence-electron chi connectivity index (χ3n) is 5.85. The molecule has 168 valence electrons. The van der Waals surface area contributed by atoms with Crippen molar-refractivity contribution in [2.75, 3.05) is 20.2 Å². The maximum Gasteiger partial charge on any atom is 0.308 e. The molecule has 0 saturated carbocycles. The number of halogens is 1. The molecule has 1 fully saturated rings. The van der Waals surface area contributed by atoms with Crippen LogP contribution in [0.4, 0.5) is 4.39 Å². The number of esters is 1. The first kappa shape index (κ1) is 22.0. The van der Waals surface area contributed by atoms with Crippen LogP contribution < -0.4 is 0 Å². The molecule has 0 atom stereocenters. The van der Waals surface area contributed by atoms with Crippen LogP contribution in [0.2, 0.25) is 0 Å². The summed E-state index contributed by atoms with van der Waals surface area (Å²) in [4.78, 5) is 26.4. The second-order valence-electron chi connectivity index (χ2n) is 7.77. The highest BCUT2D eigenvalue weighted by atomic mass is 32.2. The molecule has 2 heterocycles. The first-order valence-electron chi connectivity index (χ1n) is 10.3. The summed E-state index contributed by atoms with van der Waals surface area (Å²) in [6.45, 7) is 0.861. The Morgan fingerprint density at radius 2 is 1.72 bits per heavy atom. The van der Waals surface area contributed by atoms with Gasteiger partial charge in [-0.05, 0) is 43.2 Å². The normalized spacial score (nSPS) is 15.1. The summed E-state index contributed by atoms with van der Waals surface area (Å²) in [6.07, 6.45) is 2.53. The van der Waals surface area contributed by atoms with E-state index in [1.165, 1.54) is 25.4 Å². The lowest BCUT2D eigenvalue weighted by Gasteiger charge is -2.30. The smallest absolute Gasteiger partial charge is 0.308 e. The van der Waals surface area contributed by atoms with Gasteiger partial charge in [-0.1, -0.05) is 18.2 Å². The van der Waals surface area contributed by atoms with Gasteiger partial charge in [0.15, 0.2) is 0 Å². The molecule has 4 rings (SSSR count). The Kier molecular flexibility index (Phi) is 6.01. The van der Waals surface area contributed by atoms with Crippen molar-refractivity contribution in [3.05, 3.63) is 60.5 Å². The Morgan fingerprint density at radius 1 is 1.06 bits per heavy atom. The number of hydrogen-bond donors (Lipinski definition) is 0. The lowest BCUT2D eigenvalue weighted by molar-refractivity contribution is -0.149. The predicted octanol–water partition coefficient (Wildman–Crippen LogP) is 3.02. The Labute approximate surface area is 185 Å². The number of rotatable bonds is 5. The molecule has 9 heteroatoms. The number of hydrogen-bond acceptors (Lipinski definition) is 5. The Bertz CT molecular complexity index is 1260. The highest BCUT2D eigenvalue weighted by Crippen LogP contribution is 2.30. The molecule has 0 spiro atoms. The van der Waals surface area contributed by atoms with Gasteiger partial charge in [0.25, 0.3) is 0 Å². The van der Waals surface area contributed by atoms with Crippen molar-refractivity contribution in [2.45, 2.75) is 29.2 Å². The number of carbonyl (C=O) groups excluding carboxylic acids is 2. The summed E-state index contributed by atoms with van der Waals surface area (Å²) in [5, 5.41) is 0.494. The third kappa shape index (κ3) is 4.12. The van der Waals surface area contributed by atoms with E-state index in [9.17, 15) is 22.4 Å². The zero-order chi connectivity index (χ0) is 22.9. The van der Waals surface area contributed by atoms with E-state index < -0.39 is 15.7 Å². The average molecular weight is 459 g/mol. The highest BCUT2D eigenvalue weighted by molar-refractivity contribution is 7.91. The van der Waals surface area contributed by atoms with Crippen LogP contribution >= 0.6 is 0 Å². The van der Waals surface area contributed by atoms with Gasteiger partial charge < -0.3 is 14.2 Å². The number of benzene rings is 2. The average Bonchev–Trinajstić information content (AvgIpc) is 3.18. The summed E-state index contributed by atoms with van der Waals surface area (Å²) < 4.78 is 46.1. The van der Waals surface area contributed by atoms with Gasteiger partial charge in [0.2, 0.25) is 15.7 Å². The van der Waals surface area contributed by atoms with Crippen molar-refractivity contribution in [1.82, 2.24) is 9.47 Å². The van der Waals surface area contributed by atoms with E-state index in [0.717, 1.165) is 12.1 Å². The molecule has 1 amide bonds. The van der Waals surface area contributed by atoms with Crippen LogP contribution in [-0.2, 0) is 30.7 Å². The van der Waals surface area contributed by atoms with Crippen LogP contribution in [0.5, 0.6) is 0 Å². The molecule has 1 aromatic heterocycles. The molecule has 0 aliphatic carbocycles. The summed E-state index contributed by atoms with van der Waals surface area (Å²) in [6, 6.07) is 11.6. The van der Waals surface area contributed by atoms with Gasteiger partial charge in [-0.25, -0.2) is 12.8 Å². The van der Waals surface area contributed by atoms with E-state index in [1.54, 1.807) is 33.7 Å². The third-order valence-corrected chi connectivity index (χ3v) is 7.65. The maximum atomic E-state index is 13.3. The van der Waals surface area contributed by atoms with E-state index in [4.69, 9.17) is 4.74 Å². The van der Waals surface area contributed by atoms with Crippen molar-refractivity contribution in [3.8, 4) is 0 Å². The molecule has 0 bridgehead atoms. The summed E-state index contributed by atoms with van der Waals surface area (Å²) in [5.74, 6) is -1.14. The number of aromatic nitrogens is 1. The molecule has 1 saturated heterocycles. The number of fused-ring (bicyclic) bond motifs is 1. The maximum absolute atomic E-state index is 13.3. The number of piperidine rings is 1. The van der Waals surface area contributed by atoms with E-state index in [2.05, 4.69) is 0 Å². The minimum absolute atomic E-state index is 0.0157. The molecule has 0 unspecified atom stereocenters. The van der Waals surface area contributed by atoms with Gasteiger partial charge in [-0.2, -0.15) is 0 Å². The lowest BCUT2D eigenvalue weighted by Crippen LogP contribution is -2.41. The van der Waals surface area contributed by atoms with E-state index in [0.29, 0.717) is 36.8 Å². The Morgan fingerprint density at radius 3 is 2.38 bits per heavy atom. The molecule has 0 radical (unpaired) electrons. The number of sulfone groups is 1. The summed E-state index contributed by atoms with van der Waals surface area (Å²) in [5.41, 5.74) is 0.617. The molecular weight excluding hydrogens is 435 g/mol. The van der Waals surface area contributed by atoms with Crippen molar-refractivity contribution < 1.29 is 27.1 Å². The van der Waals surface area contributed by atoms with E-state index in [-0.39, 0.29) is 34.1 Å². The Balaban J connectivity index is 1.60. The fourth-order valence-corrected chi connectivity index (χ4v) is 5.55. The first-order chi connectivity index (χ1) is 15.3. The molecule has 1 aliphatic heterocycles. The molecule has 32 heavy (non-hydrogen) atoms. The Hall–Kier alpha value is -3.20. The van der Waals surface area contributed by atoms with Crippen LogP contribution in [0.15, 0.2) is 64.5 Å². The first-order valence-corrected chi connectivity index (χ1v) is 11.7. The van der Waals surface area contributed by atoms with Crippen molar-refractivity contribution >= 4 is 32.6 Å². The van der Waals surface area contributed by atoms with Gasteiger partial charge in [-0.3, -0.25) is 9.59 Å². The van der Waals surface area contributed by atoms with Gasteiger partial charge >= 0.3 is 5.97 Å². The second-order valence-corrected chi connectivity index (χ2v) is 9.69. The molecular formula is C23H23FN2O5S. The number of nitrogens with zero attached hydrogens (tertiary/aromatic N) is 2. The van der Waals surface area contributed by atoms with E-state index >= 15 is 0 Å². The lowest BCUT2D eigenvalue weighted by atomic mass is 9.97. The number of methoxy groups -OCH3 is 1. The number of likely N-dealkylation sites (tertiary alicyclic amines) is 1. The predicted molar refractivity (Wildman–Crippen MR) is 115 cm³/mol. The minimum atomic E-state index is -3.91. The topological polar surface area (TPSA) is 85.7 Å². The van der Waals surface area contributed by atoms with Crippen LogP contribution in [-0.4, -0.2) is 50.0 Å². The zero-order valence-corrected chi connectivity index (χ0v) is 18.3.